The molecule has 10 heteroatoms. The first-order valence-electron chi connectivity index (χ1n) is 9.57. The van der Waals surface area contributed by atoms with Crippen molar-refractivity contribution in [3.8, 4) is 0 Å². The van der Waals surface area contributed by atoms with Gasteiger partial charge in [0.05, 0.1) is 22.4 Å². The number of carbonyl (C=O) groups excluding carboxylic acids is 1. The summed E-state index contributed by atoms with van der Waals surface area (Å²) in [4.78, 5) is 32.3. The van der Waals surface area contributed by atoms with Crippen LogP contribution in [0, 0.1) is 0 Å². The highest BCUT2D eigenvalue weighted by Crippen LogP contribution is 2.33. The summed E-state index contributed by atoms with van der Waals surface area (Å²) in [6, 6.07) is 8.24. The number of thiazole rings is 1. The normalized spacial score (nSPS) is 16.1. The van der Waals surface area contributed by atoms with Crippen LogP contribution in [0.1, 0.15) is 23.4 Å². The number of halogens is 2. The van der Waals surface area contributed by atoms with E-state index in [9.17, 15) is 9.59 Å². The average molecular weight is 509 g/mol. The summed E-state index contributed by atoms with van der Waals surface area (Å²) >= 11 is 15.0. The molecule has 1 aliphatic heterocycles. The third-order valence-corrected chi connectivity index (χ3v) is 7.29. The van der Waals surface area contributed by atoms with Gasteiger partial charge in [-0.05, 0) is 42.1 Å². The van der Waals surface area contributed by atoms with Crippen molar-refractivity contribution >= 4 is 57.9 Å². The predicted octanol–water partition coefficient (Wildman–Crippen LogP) is 3.79. The Labute approximate surface area is 201 Å². The molecule has 0 saturated heterocycles. The Morgan fingerprint density at radius 3 is 2.78 bits per heavy atom. The maximum Gasteiger partial charge on any atom is 0.338 e. The number of rotatable bonds is 6. The molecule has 6 nitrogen and oxygen atoms in total. The second-order valence-corrected chi connectivity index (χ2v) is 9.72. The fourth-order valence-corrected chi connectivity index (χ4v) is 5.68. The van der Waals surface area contributed by atoms with E-state index in [1.54, 1.807) is 35.8 Å². The summed E-state index contributed by atoms with van der Waals surface area (Å²) in [5.41, 5.74) is 1.27. The van der Waals surface area contributed by atoms with Crippen LogP contribution in [0.2, 0.25) is 10.0 Å². The Hall–Kier alpha value is -2.23. The highest BCUT2D eigenvalue weighted by atomic mass is 35.5. The number of nitrogens with zero attached hydrogens (tertiary/aromatic N) is 2. The predicted molar refractivity (Wildman–Crippen MR) is 127 cm³/mol. The van der Waals surface area contributed by atoms with Gasteiger partial charge in [-0.3, -0.25) is 9.36 Å². The van der Waals surface area contributed by atoms with Crippen molar-refractivity contribution in [3.05, 3.63) is 87.2 Å². The van der Waals surface area contributed by atoms with Gasteiger partial charge in [-0.1, -0.05) is 46.7 Å². The number of esters is 1. The van der Waals surface area contributed by atoms with E-state index in [2.05, 4.69) is 4.99 Å². The summed E-state index contributed by atoms with van der Waals surface area (Å²) < 4.78 is 12.3. The molecule has 0 amide bonds. The van der Waals surface area contributed by atoms with Crippen LogP contribution in [0.25, 0.3) is 6.08 Å². The van der Waals surface area contributed by atoms with Crippen molar-refractivity contribution in [2.24, 2.45) is 4.99 Å². The highest BCUT2D eigenvalue weighted by Gasteiger charge is 2.34. The lowest BCUT2D eigenvalue weighted by Crippen LogP contribution is -2.39. The zero-order chi connectivity index (χ0) is 22.8. The second-order valence-electron chi connectivity index (χ2n) is 6.89. The van der Waals surface area contributed by atoms with Gasteiger partial charge in [-0.2, -0.15) is 0 Å². The Balaban J connectivity index is 1.86. The number of thiophene rings is 1. The summed E-state index contributed by atoms with van der Waals surface area (Å²) in [6.07, 6.45) is 1.71. The van der Waals surface area contributed by atoms with Crippen LogP contribution < -0.4 is 14.9 Å². The Kier molecular flexibility index (Phi) is 6.97. The van der Waals surface area contributed by atoms with Crippen molar-refractivity contribution in [3.63, 3.8) is 0 Å². The van der Waals surface area contributed by atoms with Gasteiger partial charge in [0, 0.05) is 22.0 Å². The minimum absolute atomic E-state index is 0.114. The van der Waals surface area contributed by atoms with Crippen molar-refractivity contribution < 1.29 is 14.3 Å². The molecule has 2 aromatic heterocycles. The third kappa shape index (κ3) is 4.46. The fourth-order valence-electron chi connectivity index (χ4n) is 3.35. The van der Waals surface area contributed by atoms with Gasteiger partial charge >= 0.3 is 5.97 Å². The van der Waals surface area contributed by atoms with Crippen molar-refractivity contribution in [2.45, 2.75) is 13.0 Å². The quantitative estimate of drug-likeness (QED) is 0.375. The minimum atomic E-state index is -0.621. The molecule has 1 aromatic carbocycles. The summed E-state index contributed by atoms with van der Waals surface area (Å²) in [6.45, 7) is 2.15. The molecule has 0 spiro atoms. The molecule has 0 bridgehead atoms. The van der Waals surface area contributed by atoms with E-state index in [1.165, 1.54) is 29.8 Å². The van der Waals surface area contributed by atoms with Crippen LogP contribution in [0.5, 0.6) is 0 Å². The van der Waals surface area contributed by atoms with Gasteiger partial charge in [0.15, 0.2) is 4.80 Å². The van der Waals surface area contributed by atoms with Crippen LogP contribution in [0.4, 0.5) is 0 Å². The number of hydrogen-bond acceptors (Lipinski definition) is 7. The van der Waals surface area contributed by atoms with Gasteiger partial charge in [-0.15, -0.1) is 11.3 Å². The zero-order valence-electron chi connectivity index (χ0n) is 17.1. The van der Waals surface area contributed by atoms with Gasteiger partial charge in [0.2, 0.25) is 0 Å². The van der Waals surface area contributed by atoms with Crippen molar-refractivity contribution in [2.75, 3.05) is 20.3 Å². The maximum absolute atomic E-state index is 13.5. The van der Waals surface area contributed by atoms with Gasteiger partial charge < -0.3 is 9.47 Å². The van der Waals surface area contributed by atoms with E-state index >= 15 is 0 Å². The van der Waals surface area contributed by atoms with Crippen molar-refractivity contribution in [1.29, 1.82) is 0 Å². The van der Waals surface area contributed by atoms with E-state index in [-0.39, 0.29) is 18.8 Å². The lowest BCUT2D eigenvalue weighted by atomic mass is 10.0. The molecule has 3 aromatic rings. The van der Waals surface area contributed by atoms with Gasteiger partial charge in [0.1, 0.15) is 12.6 Å². The third-order valence-electron chi connectivity index (χ3n) is 4.82. The molecule has 0 aliphatic carbocycles. The number of ether oxygens (including phenoxy) is 2. The first kappa shape index (κ1) is 22.9. The molecule has 0 fully saturated rings. The van der Waals surface area contributed by atoms with Gasteiger partial charge in [-0.25, -0.2) is 9.79 Å². The van der Waals surface area contributed by atoms with Crippen LogP contribution in [0.3, 0.4) is 0 Å². The van der Waals surface area contributed by atoms with Gasteiger partial charge in [0.25, 0.3) is 5.56 Å². The first-order chi connectivity index (χ1) is 15.4. The van der Waals surface area contributed by atoms with Crippen molar-refractivity contribution in [1.82, 2.24) is 4.57 Å². The number of fused-ring (bicyclic) bond motifs is 1. The molecule has 0 unspecified atom stereocenters. The fraction of sp³-hybridized carbons (Fsp3) is 0.227. The molecular formula is C22H18Cl2N2O4S2. The van der Waals surface area contributed by atoms with E-state index in [4.69, 9.17) is 32.7 Å². The molecule has 0 saturated carbocycles. The number of allylic oxidation sites excluding steroid dienone is 1. The van der Waals surface area contributed by atoms with Crippen LogP contribution in [-0.2, 0) is 14.3 Å². The molecule has 1 atom stereocenters. The molecule has 0 radical (unpaired) electrons. The number of hydrogen-bond donors (Lipinski definition) is 0. The Morgan fingerprint density at radius 1 is 1.28 bits per heavy atom. The maximum atomic E-state index is 13.5. The smallest absolute Gasteiger partial charge is 0.338 e. The SMILES string of the molecule is COCCOC(=O)C1=C(C)N=c2s/c(=C\c3ccc(Cl)cc3Cl)c(=O)n2[C@H]1c1cccs1. The van der Waals surface area contributed by atoms with Crippen LogP contribution in [0.15, 0.2) is 56.8 Å². The monoisotopic (exact) mass is 508 g/mol. The van der Waals surface area contributed by atoms with E-state index in [1.807, 2.05) is 17.5 Å². The number of methoxy groups -OCH3 is 1. The lowest BCUT2D eigenvalue weighted by Gasteiger charge is -2.23. The number of carbonyl (C=O) groups is 1. The van der Waals surface area contributed by atoms with E-state index in [0.29, 0.717) is 36.2 Å². The summed E-state index contributed by atoms with van der Waals surface area (Å²) in [5.74, 6) is -0.517. The average Bonchev–Trinajstić information content (AvgIpc) is 3.38. The van der Waals surface area contributed by atoms with Crippen LogP contribution in [-0.4, -0.2) is 30.9 Å². The number of benzene rings is 1. The van der Waals surface area contributed by atoms with Crippen LogP contribution >= 0.6 is 45.9 Å². The minimum Gasteiger partial charge on any atom is -0.460 e. The molecule has 4 rings (SSSR count). The number of aromatic nitrogens is 1. The molecule has 0 N–H and O–H groups in total. The Morgan fingerprint density at radius 2 is 2.09 bits per heavy atom. The molecular weight excluding hydrogens is 491 g/mol. The first-order valence-corrected chi connectivity index (χ1v) is 12.0. The summed E-state index contributed by atoms with van der Waals surface area (Å²) in [5, 5.41) is 2.86. The highest BCUT2D eigenvalue weighted by molar-refractivity contribution is 7.10. The standard InChI is InChI=1S/C22H18Cl2N2O4S2/c1-12-18(21(28)30-8-7-29-2)19(16-4-3-9-31-16)26-20(27)17(32-22(26)25-12)10-13-5-6-14(23)11-15(13)24/h3-6,9-11,19H,7-8H2,1-2H3/b17-10-/t19-/m0/s1. The molecule has 1 aliphatic rings. The zero-order valence-corrected chi connectivity index (χ0v) is 20.3. The Bertz CT molecular complexity index is 1370. The molecule has 32 heavy (non-hydrogen) atoms. The molecule has 3 heterocycles. The largest absolute Gasteiger partial charge is 0.460 e. The van der Waals surface area contributed by atoms with E-state index < -0.39 is 12.0 Å². The topological polar surface area (TPSA) is 69.9 Å². The summed E-state index contributed by atoms with van der Waals surface area (Å²) in [7, 11) is 1.53. The van der Waals surface area contributed by atoms with E-state index in [0.717, 1.165) is 4.88 Å². The second kappa shape index (κ2) is 9.72. The molecule has 166 valence electrons. The lowest BCUT2D eigenvalue weighted by molar-refractivity contribution is -0.140.